The van der Waals surface area contributed by atoms with Crippen molar-refractivity contribution in [2.75, 3.05) is 0 Å². The molecule has 1 amide bonds. The second-order valence-electron chi connectivity index (χ2n) is 4.94. The van der Waals surface area contributed by atoms with Gasteiger partial charge in [-0.2, -0.15) is 18.3 Å². The van der Waals surface area contributed by atoms with Crippen LogP contribution in [0, 0.1) is 0 Å². The maximum Gasteiger partial charge on any atom is 0.416 e. The Morgan fingerprint density at radius 1 is 1.26 bits per heavy atom. The number of nitrogens with one attached hydrogen (secondary N) is 1. The van der Waals surface area contributed by atoms with E-state index in [2.05, 4.69) is 15.4 Å². The molecule has 1 N–H and O–H groups in total. The first-order valence-electron chi connectivity index (χ1n) is 7.22. The number of carbonyl (C=O) groups excluding carboxylic acids is 1. The second kappa shape index (κ2) is 6.80. The first kappa shape index (κ1) is 17.0. The van der Waals surface area contributed by atoms with Gasteiger partial charge in [-0.3, -0.25) is 4.79 Å². The summed E-state index contributed by atoms with van der Waals surface area (Å²) in [5.41, 5.74) is -0.620. The van der Waals surface area contributed by atoms with Crippen molar-refractivity contribution < 1.29 is 18.0 Å². The first-order valence-corrected chi connectivity index (χ1v) is 7.22. The molecule has 2 aromatic rings. The predicted molar refractivity (Wildman–Crippen MR) is 77.6 cm³/mol. The van der Waals surface area contributed by atoms with Crippen LogP contribution in [0.25, 0.3) is 0 Å². The molecule has 124 valence electrons. The summed E-state index contributed by atoms with van der Waals surface area (Å²) >= 11 is 0. The highest BCUT2D eigenvalue weighted by Crippen LogP contribution is 2.29. The van der Waals surface area contributed by atoms with Gasteiger partial charge in [-0.15, -0.1) is 0 Å². The number of rotatable bonds is 5. The Labute approximate surface area is 131 Å². The lowest BCUT2D eigenvalue weighted by molar-refractivity contribution is -0.137. The van der Waals surface area contributed by atoms with Gasteiger partial charge in [-0.25, -0.2) is 9.67 Å². The van der Waals surface area contributed by atoms with Crippen LogP contribution < -0.4 is 5.32 Å². The van der Waals surface area contributed by atoms with Gasteiger partial charge in [0.05, 0.1) is 11.6 Å². The number of alkyl halides is 3. The van der Waals surface area contributed by atoms with Gasteiger partial charge in [0.15, 0.2) is 0 Å². The number of aryl methyl sites for hydroxylation is 1. The molecule has 0 saturated carbocycles. The molecule has 0 fully saturated rings. The van der Waals surface area contributed by atoms with E-state index in [4.69, 9.17) is 0 Å². The Bertz CT molecular complexity index is 664. The highest BCUT2D eigenvalue weighted by Gasteiger charge is 2.30. The zero-order valence-electron chi connectivity index (χ0n) is 12.8. The van der Waals surface area contributed by atoms with E-state index in [9.17, 15) is 18.0 Å². The van der Waals surface area contributed by atoms with E-state index in [-0.39, 0.29) is 11.6 Å². The van der Waals surface area contributed by atoms with Crippen LogP contribution in [0.2, 0.25) is 0 Å². The van der Waals surface area contributed by atoms with Gasteiger partial charge in [0.25, 0.3) is 5.91 Å². The van der Waals surface area contributed by atoms with E-state index in [0.717, 1.165) is 24.3 Å². The Morgan fingerprint density at radius 2 is 1.91 bits per heavy atom. The number of aromatic nitrogens is 3. The molecule has 0 aliphatic carbocycles. The molecule has 23 heavy (non-hydrogen) atoms. The average Bonchev–Trinajstić information content (AvgIpc) is 3.00. The topological polar surface area (TPSA) is 59.8 Å². The molecule has 1 heterocycles. The van der Waals surface area contributed by atoms with Gasteiger partial charge in [0, 0.05) is 12.1 Å². The Balaban J connectivity index is 2.14. The monoisotopic (exact) mass is 326 g/mol. The maximum absolute atomic E-state index is 12.5. The fraction of sp³-hybridized carbons (Fsp3) is 0.400. The molecule has 1 aromatic heterocycles. The van der Waals surface area contributed by atoms with E-state index >= 15 is 0 Å². The van der Waals surface area contributed by atoms with Gasteiger partial charge in [-0.05, 0) is 37.6 Å². The lowest BCUT2D eigenvalue weighted by Gasteiger charge is -2.17. The van der Waals surface area contributed by atoms with Crippen molar-refractivity contribution in [1.82, 2.24) is 20.1 Å². The van der Waals surface area contributed by atoms with Crippen molar-refractivity contribution in [2.24, 2.45) is 0 Å². The van der Waals surface area contributed by atoms with Crippen LogP contribution in [0.4, 0.5) is 13.2 Å². The van der Waals surface area contributed by atoms with Crippen LogP contribution >= 0.6 is 0 Å². The first-order chi connectivity index (χ1) is 10.9. The van der Waals surface area contributed by atoms with E-state index in [1.807, 2.05) is 13.8 Å². The molecule has 8 heteroatoms. The molecule has 0 spiro atoms. The quantitative estimate of drug-likeness (QED) is 0.918. The molecule has 1 atom stereocenters. The van der Waals surface area contributed by atoms with Gasteiger partial charge in [-0.1, -0.05) is 6.92 Å². The fourth-order valence-corrected chi connectivity index (χ4v) is 2.19. The summed E-state index contributed by atoms with van der Waals surface area (Å²) in [5.74, 6) is 0.173. The van der Waals surface area contributed by atoms with Crippen LogP contribution in [-0.2, 0) is 12.7 Å². The fourth-order valence-electron chi connectivity index (χ4n) is 2.19. The SMILES string of the molecule is CC[C@@H](NC(=O)c1ccc(C(F)(F)F)cc1)c1ncnn1CC. The summed E-state index contributed by atoms with van der Waals surface area (Å²) in [6.07, 6.45) is -2.42. The number of amides is 1. The zero-order chi connectivity index (χ0) is 17.0. The number of hydrogen-bond donors (Lipinski definition) is 1. The summed E-state index contributed by atoms with van der Waals surface area (Å²) in [4.78, 5) is 16.4. The Kier molecular flexibility index (Phi) is 5.02. The molecule has 0 radical (unpaired) electrons. The lowest BCUT2D eigenvalue weighted by atomic mass is 10.1. The van der Waals surface area contributed by atoms with Gasteiger partial charge >= 0.3 is 6.18 Å². The number of hydrogen-bond acceptors (Lipinski definition) is 3. The Hall–Kier alpha value is -2.38. The third-order valence-electron chi connectivity index (χ3n) is 3.44. The summed E-state index contributed by atoms with van der Waals surface area (Å²) in [7, 11) is 0. The number of benzene rings is 1. The second-order valence-corrected chi connectivity index (χ2v) is 4.94. The van der Waals surface area contributed by atoms with Crippen molar-refractivity contribution in [1.29, 1.82) is 0 Å². The van der Waals surface area contributed by atoms with E-state index < -0.39 is 17.6 Å². The van der Waals surface area contributed by atoms with Gasteiger partial charge in [0.2, 0.25) is 0 Å². The molecule has 0 bridgehead atoms. The van der Waals surface area contributed by atoms with Crippen molar-refractivity contribution in [2.45, 2.75) is 39.0 Å². The van der Waals surface area contributed by atoms with Crippen molar-refractivity contribution in [3.05, 3.63) is 47.5 Å². The highest BCUT2D eigenvalue weighted by molar-refractivity contribution is 5.94. The smallest absolute Gasteiger partial charge is 0.342 e. The molecule has 0 aliphatic rings. The molecular weight excluding hydrogens is 309 g/mol. The minimum Gasteiger partial charge on any atom is -0.342 e. The zero-order valence-corrected chi connectivity index (χ0v) is 12.8. The standard InChI is InChI=1S/C15H17F3N4O/c1-3-12(13-19-9-20-22(13)4-2)21-14(23)10-5-7-11(8-6-10)15(16,17)18/h5-9,12H,3-4H2,1-2H3,(H,21,23)/t12-/m1/s1. The molecule has 0 unspecified atom stereocenters. The van der Waals surface area contributed by atoms with Crippen LogP contribution in [0.5, 0.6) is 0 Å². The highest BCUT2D eigenvalue weighted by atomic mass is 19.4. The van der Waals surface area contributed by atoms with Gasteiger partial charge < -0.3 is 5.32 Å². The number of halogens is 3. The van der Waals surface area contributed by atoms with Crippen LogP contribution in [0.3, 0.4) is 0 Å². The molecule has 2 rings (SSSR count). The minimum absolute atomic E-state index is 0.166. The third-order valence-corrected chi connectivity index (χ3v) is 3.44. The molecule has 1 aromatic carbocycles. The number of nitrogens with zero attached hydrogens (tertiary/aromatic N) is 3. The van der Waals surface area contributed by atoms with E-state index in [1.54, 1.807) is 4.68 Å². The summed E-state index contributed by atoms with van der Waals surface area (Å²) < 4.78 is 39.3. The Morgan fingerprint density at radius 3 is 2.43 bits per heavy atom. The molecular formula is C15H17F3N4O. The van der Waals surface area contributed by atoms with Gasteiger partial charge in [0.1, 0.15) is 12.2 Å². The van der Waals surface area contributed by atoms with Crippen LogP contribution in [-0.4, -0.2) is 20.7 Å². The largest absolute Gasteiger partial charge is 0.416 e. The van der Waals surface area contributed by atoms with Crippen molar-refractivity contribution in [3.63, 3.8) is 0 Å². The normalized spacial score (nSPS) is 12.9. The minimum atomic E-state index is -4.42. The van der Waals surface area contributed by atoms with Crippen LogP contribution in [0.15, 0.2) is 30.6 Å². The summed E-state index contributed by atoms with van der Waals surface area (Å²) in [5, 5.41) is 6.83. The summed E-state index contributed by atoms with van der Waals surface area (Å²) in [6.45, 7) is 4.40. The average molecular weight is 326 g/mol. The molecule has 0 aliphatic heterocycles. The van der Waals surface area contributed by atoms with Crippen LogP contribution in [0.1, 0.15) is 48.1 Å². The maximum atomic E-state index is 12.5. The van der Waals surface area contributed by atoms with E-state index in [1.165, 1.54) is 6.33 Å². The van der Waals surface area contributed by atoms with Crippen molar-refractivity contribution in [3.8, 4) is 0 Å². The third kappa shape index (κ3) is 3.88. The lowest BCUT2D eigenvalue weighted by Crippen LogP contribution is -2.30. The van der Waals surface area contributed by atoms with E-state index in [0.29, 0.717) is 18.8 Å². The molecule has 5 nitrogen and oxygen atoms in total. The van der Waals surface area contributed by atoms with Crippen molar-refractivity contribution >= 4 is 5.91 Å². The molecule has 0 saturated heterocycles. The summed E-state index contributed by atoms with van der Waals surface area (Å²) in [6, 6.07) is 3.76. The predicted octanol–water partition coefficient (Wildman–Crippen LogP) is 3.20. The number of carbonyl (C=O) groups is 1.